The van der Waals surface area contributed by atoms with Crippen LogP contribution in [0.5, 0.6) is 17.2 Å². The van der Waals surface area contributed by atoms with Crippen LogP contribution in [0.25, 0.3) is 0 Å². The molecular weight excluding hydrogens is 376 g/mol. The highest BCUT2D eigenvalue weighted by atomic mass is 16.5. The largest absolute Gasteiger partial charge is 0.497 e. The Bertz CT molecular complexity index is 1090. The lowest BCUT2D eigenvalue weighted by molar-refractivity contribution is 0.414. The number of anilines is 3. The average Bonchev–Trinajstić information content (AvgIpc) is 2.80. The van der Waals surface area contributed by atoms with Gasteiger partial charge in [0.25, 0.3) is 0 Å². The van der Waals surface area contributed by atoms with Gasteiger partial charge < -0.3 is 20.1 Å². The number of hydrogen-bond donors (Lipinski definition) is 2. The van der Waals surface area contributed by atoms with Crippen LogP contribution >= 0.6 is 0 Å². The lowest BCUT2D eigenvalue weighted by Gasteiger charge is -2.13. The number of methoxy groups -OCH3 is 1. The zero-order valence-electron chi connectivity index (χ0n) is 16.6. The zero-order valence-corrected chi connectivity index (χ0v) is 16.6. The minimum absolute atomic E-state index is 0.539. The summed E-state index contributed by atoms with van der Waals surface area (Å²) in [5.74, 6) is 3.53. The van der Waals surface area contributed by atoms with Gasteiger partial charge in [-0.3, -0.25) is 0 Å². The predicted molar refractivity (Wildman–Crippen MR) is 119 cm³/mol. The number of ether oxygens (including phenoxy) is 2. The molecule has 0 saturated heterocycles. The van der Waals surface area contributed by atoms with Crippen molar-refractivity contribution in [2.45, 2.75) is 6.54 Å². The van der Waals surface area contributed by atoms with Gasteiger partial charge in [0.05, 0.1) is 12.8 Å². The first-order chi connectivity index (χ1) is 14.8. The van der Waals surface area contributed by atoms with Crippen LogP contribution in [-0.4, -0.2) is 17.1 Å². The van der Waals surface area contributed by atoms with E-state index in [1.807, 2.05) is 84.9 Å². The monoisotopic (exact) mass is 398 g/mol. The van der Waals surface area contributed by atoms with Gasteiger partial charge in [0.15, 0.2) is 5.75 Å². The predicted octanol–water partition coefficient (Wildman–Crippen LogP) is 5.63. The Morgan fingerprint density at radius 3 is 2.37 bits per heavy atom. The summed E-state index contributed by atoms with van der Waals surface area (Å²) in [6.07, 6.45) is 1.71. The van der Waals surface area contributed by atoms with E-state index in [2.05, 4.69) is 20.6 Å². The number of para-hydroxylation sites is 3. The molecule has 0 radical (unpaired) electrons. The molecule has 4 aromatic rings. The lowest BCUT2D eigenvalue weighted by Crippen LogP contribution is -2.05. The molecule has 0 bridgehead atoms. The first-order valence-electron chi connectivity index (χ1n) is 9.59. The van der Waals surface area contributed by atoms with E-state index in [9.17, 15) is 0 Å². The molecule has 0 aliphatic heterocycles. The van der Waals surface area contributed by atoms with Crippen LogP contribution in [0.3, 0.4) is 0 Å². The first-order valence-corrected chi connectivity index (χ1v) is 9.59. The minimum Gasteiger partial charge on any atom is -0.497 e. The second-order valence-corrected chi connectivity index (χ2v) is 6.50. The molecule has 1 aromatic heterocycles. The lowest BCUT2D eigenvalue weighted by atomic mass is 10.2. The summed E-state index contributed by atoms with van der Waals surface area (Å²) in [5.41, 5.74) is 1.93. The van der Waals surface area contributed by atoms with Gasteiger partial charge in [-0.25, -0.2) is 4.98 Å². The Labute approximate surface area is 175 Å². The number of hydrogen-bond acceptors (Lipinski definition) is 6. The Morgan fingerprint density at radius 2 is 1.57 bits per heavy atom. The molecule has 0 unspecified atom stereocenters. The number of aromatic nitrogens is 2. The second-order valence-electron chi connectivity index (χ2n) is 6.50. The molecule has 0 saturated carbocycles. The van der Waals surface area contributed by atoms with E-state index in [4.69, 9.17) is 9.47 Å². The van der Waals surface area contributed by atoms with Gasteiger partial charge in [-0.2, -0.15) is 4.98 Å². The zero-order chi connectivity index (χ0) is 20.6. The summed E-state index contributed by atoms with van der Waals surface area (Å²) in [7, 11) is 1.66. The van der Waals surface area contributed by atoms with Crippen LogP contribution in [0.1, 0.15) is 5.56 Å². The van der Waals surface area contributed by atoms with E-state index in [0.29, 0.717) is 18.3 Å². The Morgan fingerprint density at radius 1 is 0.800 bits per heavy atom. The Kier molecular flexibility index (Phi) is 6.05. The molecule has 6 heteroatoms. The Hall–Kier alpha value is -4.06. The molecular formula is C24H22N4O2. The van der Waals surface area contributed by atoms with Crippen LogP contribution in [-0.2, 0) is 6.54 Å². The topological polar surface area (TPSA) is 68.3 Å². The molecule has 0 fully saturated rings. The van der Waals surface area contributed by atoms with Gasteiger partial charge in [0, 0.05) is 12.7 Å². The summed E-state index contributed by atoms with van der Waals surface area (Å²) >= 11 is 0. The van der Waals surface area contributed by atoms with Gasteiger partial charge in [0.1, 0.15) is 17.3 Å². The van der Waals surface area contributed by atoms with Gasteiger partial charge in [-0.05, 0) is 48.0 Å². The van der Waals surface area contributed by atoms with E-state index < -0.39 is 0 Å². The average molecular weight is 398 g/mol. The highest BCUT2D eigenvalue weighted by molar-refractivity contribution is 5.65. The van der Waals surface area contributed by atoms with Crippen molar-refractivity contribution in [2.24, 2.45) is 0 Å². The number of benzene rings is 3. The molecule has 150 valence electrons. The van der Waals surface area contributed by atoms with Crippen LogP contribution in [0.4, 0.5) is 17.5 Å². The third kappa shape index (κ3) is 5.05. The summed E-state index contributed by atoms with van der Waals surface area (Å²) in [6, 6.07) is 27.1. The van der Waals surface area contributed by atoms with E-state index in [0.717, 1.165) is 28.5 Å². The van der Waals surface area contributed by atoms with Gasteiger partial charge in [0.2, 0.25) is 5.95 Å². The van der Waals surface area contributed by atoms with Crippen molar-refractivity contribution < 1.29 is 9.47 Å². The number of nitrogens with zero attached hydrogens (tertiary/aromatic N) is 2. The minimum atomic E-state index is 0.539. The van der Waals surface area contributed by atoms with Gasteiger partial charge in [-0.1, -0.05) is 42.5 Å². The maximum atomic E-state index is 6.00. The smallest absolute Gasteiger partial charge is 0.224 e. The van der Waals surface area contributed by atoms with Crippen molar-refractivity contribution in [3.63, 3.8) is 0 Å². The molecule has 30 heavy (non-hydrogen) atoms. The van der Waals surface area contributed by atoms with Crippen molar-refractivity contribution in [3.8, 4) is 17.2 Å². The summed E-state index contributed by atoms with van der Waals surface area (Å²) in [6.45, 7) is 0.612. The quantitative estimate of drug-likeness (QED) is 0.401. The van der Waals surface area contributed by atoms with Crippen molar-refractivity contribution in [1.29, 1.82) is 0 Å². The van der Waals surface area contributed by atoms with Crippen molar-refractivity contribution >= 4 is 17.5 Å². The van der Waals surface area contributed by atoms with Crippen LogP contribution < -0.4 is 20.1 Å². The van der Waals surface area contributed by atoms with Gasteiger partial charge >= 0.3 is 0 Å². The third-order valence-electron chi connectivity index (χ3n) is 4.39. The van der Waals surface area contributed by atoms with Crippen LogP contribution in [0, 0.1) is 0 Å². The number of rotatable bonds is 8. The van der Waals surface area contributed by atoms with E-state index >= 15 is 0 Å². The van der Waals surface area contributed by atoms with Crippen molar-refractivity contribution in [1.82, 2.24) is 9.97 Å². The molecule has 0 amide bonds. The van der Waals surface area contributed by atoms with Crippen LogP contribution in [0.2, 0.25) is 0 Å². The van der Waals surface area contributed by atoms with Gasteiger partial charge in [-0.15, -0.1) is 0 Å². The normalized spacial score (nSPS) is 10.3. The van der Waals surface area contributed by atoms with E-state index in [1.54, 1.807) is 13.3 Å². The molecule has 3 aromatic carbocycles. The fourth-order valence-corrected chi connectivity index (χ4v) is 2.85. The summed E-state index contributed by atoms with van der Waals surface area (Å²) in [5, 5.41) is 6.56. The molecule has 1 heterocycles. The highest BCUT2D eigenvalue weighted by Crippen LogP contribution is 2.31. The standard InChI is InChI=1S/C24H22N4O2/c1-29-19-13-11-18(12-14-19)17-26-24-25-16-15-23(28-24)27-21-9-5-6-10-22(21)30-20-7-3-2-4-8-20/h2-16H,17H2,1H3,(H2,25,26,27,28). The van der Waals surface area contributed by atoms with Crippen LogP contribution in [0.15, 0.2) is 91.1 Å². The molecule has 0 spiro atoms. The fraction of sp³-hybridized carbons (Fsp3) is 0.0833. The number of nitrogens with one attached hydrogen (secondary N) is 2. The Balaban J connectivity index is 1.44. The second kappa shape index (κ2) is 9.43. The molecule has 2 N–H and O–H groups in total. The fourth-order valence-electron chi connectivity index (χ4n) is 2.85. The third-order valence-corrected chi connectivity index (χ3v) is 4.39. The van der Waals surface area contributed by atoms with E-state index in [1.165, 1.54) is 0 Å². The highest BCUT2D eigenvalue weighted by Gasteiger charge is 2.07. The molecule has 0 atom stereocenters. The van der Waals surface area contributed by atoms with E-state index in [-0.39, 0.29) is 0 Å². The first kappa shape index (κ1) is 19.3. The SMILES string of the molecule is COc1ccc(CNc2nccc(Nc3ccccc3Oc3ccccc3)n2)cc1. The maximum Gasteiger partial charge on any atom is 0.224 e. The molecule has 0 aliphatic carbocycles. The molecule has 0 aliphatic rings. The summed E-state index contributed by atoms with van der Waals surface area (Å²) < 4.78 is 11.2. The maximum absolute atomic E-state index is 6.00. The molecule has 6 nitrogen and oxygen atoms in total. The molecule has 4 rings (SSSR count). The van der Waals surface area contributed by atoms with Crippen molar-refractivity contribution in [2.75, 3.05) is 17.7 Å². The van der Waals surface area contributed by atoms with Crippen molar-refractivity contribution in [3.05, 3.63) is 96.7 Å². The summed E-state index contributed by atoms with van der Waals surface area (Å²) in [4.78, 5) is 8.85.